The van der Waals surface area contributed by atoms with Crippen LogP contribution < -0.4 is 0 Å². The lowest BCUT2D eigenvalue weighted by Crippen LogP contribution is -2.38. The van der Waals surface area contributed by atoms with Gasteiger partial charge in [0.05, 0.1) is 24.7 Å². The van der Waals surface area contributed by atoms with E-state index >= 15 is 8.78 Å². The van der Waals surface area contributed by atoms with Gasteiger partial charge < -0.3 is 24.1 Å². The third-order valence-corrected chi connectivity index (χ3v) is 6.11. The minimum absolute atomic E-state index is 0.266. The fourth-order valence-corrected chi connectivity index (χ4v) is 4.64. The van der Waals surface area contributed by atoms with Gasteiger partial charge in [-0.3, -0.25) is 0 Å². The Morgan fingerprint density at radius 1 is 1.37 bits per heavy atom. The lowest BCUT2D eigenvalue weighted by atomic mass is 9.89. The molecule has 0 radical (unpaired) electrons. The minimum atomic E-state index is -3.26. The molecule has 3 fully saturated rings. The molecule has 0 spiro atoms. The smallest absolute Gasteiger partial charge is 0.337 e. The van der Waals surface area contributed by atoms with Crippen LogP contribution in [0.15, 0.2) is 30.0 Å². The number of aliphatic hydroxyl groups excluding tert-OH is 1. The van der Waals surface area contributed by atoms with E-state index in [1.165, 1.54) is 19.3 Å². The maximum Gasteiger partial charge on any atom is 0.337 e. The van der Waals surface area contributed by atoms with E-state index in [4.69, 9.17) is 14.2 Å². The van der Waals surface area contributed by atoms with E-state index in [1.54, 1.807) is 18.2 Å². The van der Waals surface area contributed by atoms with Gasteiger partial charge in [-0.05, 0) is 43.0 Å². The molecule has 30 heavy (non-hydrogen) atoms. The molecular weight excluding hydrogens is 398 g/mol. The van der Waals surface area contributed by atoms with Gasteiger partial charge in [-0.2, -0.15) is 8.78 Å². The van der Waals surface area contributed by atoms with Gasteiger partial charge in [0, 0.05) is 25.6 Å². The molecule has 8 heteroatoms. The average molecular weight is 424 g/mol. The monoisotopic (exact) mass is 424 g/mol. The first-order chi connectivity index (χ1) is 14.4. The number of ether oxygens (including phenoxy) is 4. The van der Waals surface area contributed by atoms with Gasteiger partial charge in [-0.1, -0.05) is 12.1 Å². The summed E-state index contributed by atoms with van der Waals surface area (Å²) in [6, 6.07) is 6.23. The van der Waals surface area contributed by atoms with Gasteiger partial charge in [0.25, 0.3) is 0 Å². The number of halogens is 2. The van der Waals surface area contributed by atoms with E-state index in [-0.39, 0.29) is 12.0 Å². The summed E-state index contributed by atoms with van der Waals surface area (Å²) in [5.74, 6) is -6.18. The zero-order valence-electron chi connectivity index (χ0n) is 16.8. The van der Waals surface area contributed by atoms with E-state index in [0.29, 0.717) is 12.2 Å². The predicted octanol–water partition coefficient (Wildman–Crippen LogP) is 3.39. The largest absolute Gasteiger partial charge is 0.488 e. The molecule has 3 aliphatic rings. The number of rotatable bonds is 5. The number of carbonyl (C=O) groups excluding carboxylic acids is 1. The number of hydrogen-bond acceptors (Lipinski definition) is 6. The zero-order chi connectivity index (χ0) is 21.3. The summed E-state index contributed by atoms with van der Waals surface area (Å²) in [6.07, 6.45) is 2.47. The summed E-state index contributed by atoms with van der Waals surface area (Å²) in [6.45, 7) is 0.181. The zero-order valence-corrected chi connectivity index (χ0v) is 16.8. The van der Waals surface area contributed by atoms with Crippen molar-refractivity contribution in [2.45, 2.75) is 50.1 Å². The quantitative estimate of drug-likeness (QED) is 0.731. The minimum Gasteiger partial charge on any atom is -0.488 e. The van der Waals surface area contributed by atoms with E-state index in [1.807, 2.05) is 0 Å². The Bertz CT molecular complexity index is 805. The van der Waals surface area contributed by atoms with Crippen LogP contribution in [0.5, 0.6) is 0 Å². The molecule has 1 aromatic carbocycles. The van der Waals surface area contributed by atoms with Crippen LogP contribution >= 0.6 is 0 Å². The molecule has 1 aromatic rings. The molecule has 1 saturated carbocycles. The number of allylic oxidation sites excluding steroid dienone is 1. The van der Waals surface area contributed by atoms with Gasteiger partial charge in [0.15, 0.2) is 12.0 Å². The normalized spacial score (nSPS) is 33.9. The Hall–Kier alpha value is -2.03. The number of alkyl halides is 2. The highest BCUT2D eigenvalue weighted by molar-refractivity contribution is 5.90. The molecule has 5 unspecified atom stereocenters. The number of aliphatic hydroxyl groups is 1. The van der Waals surface area contributed by atoms with Crippen molar-refractivity contribution in [3.8, 4) is 0 Å². The highest BCUT2D eigenvalue weighted by Gasteiger charge is 2.64. The Morgan fingerprint density at radius 3 is 2.90 bits per heavy atom. The van der Waals surface area contributed by atoms with Crippen LogP contribution in [0.2, 0.25) is 0 Å². The van der Waals surface area contributed by atoms with Gasteiger partial charge in [-0.15, -0.1) is 0 Å². The fourth-order valence-electron chi connectivity index (χ4n) is 4.64. The first-order valence-corrected chi connectivity index (χ1v) is 10.3. The Morgan fingerprint density at radius 2 is 2.20 bits per heavy atom. The molecule has 164 valence electrons. The molecule has 1 aliphatic carbocycles. The standard InChI is InChI=1S/C22H26F2O6/c1-27-21(26)14-6-4-5-13(9-14)10-18-22(23,24)20-15(12-25)16(11-17(20)29-18)30-19-7-2-3-8-28-19/h4-6,9-10,15-17,19-20,25H,2-3,7-8,11-12H2,1H3. The van der Waals surface area contributed by atoms with Crippen molar-refractivity contribution >= 4 is 12.0 Å². The number of fused-ring (bicyclic) bond motifs is 1. The molecule has 0 amide bonds. The second-order valence-corrected chi connectivity index (χ2v) is 7.98. The predicted molar refractivity (Wildman–Crippen MR) is 103 cm³/mol. The van der Waals surface area contributed by atoms with E-state index in [0.717, 1.165) is 19.3 Å². The molecule has 4 rings (SSSR count). The van der Waals surface area contributed by atoms with Gasteiger partial charge in [0.2, 0.25) is 0 Å². The summed E-state index contributed by atoms with van der Waals surface area (Å²) in [5.41, 5.74) is 0.680. The topological polar surface area (TPSA) is 74.2 Å². The second kappa shape index (κ2) is 8.61. The van der Waals surface area contributed by atoms with Crippen molar-refractivity contribution in [3.05, 3.63) is 41.2 Å². The number of carbonyl (C=O) groups is 1. The Balaban J connectivity index is 1.53. The summed E-state index contributed by atoms with van der Waals surface area (Å²) >= 11 is 0. The van der Waals surface area contributed by atoms with Crippen LogP contribution in [0.25, 0.3) is 6.08 Å². The average Bonchev–Trinajstić information content (AvgIpc) is 3.21. The maximum atomic E-state index is 15.3. The Kier molecular flexibility index (Phi) is 6.09. The molecule has 0 bridgehead atoms. The molecule has 0 aromatic heterocycles. The van der Waals surface area contributed by atoms with E-state index in [2.05, 4.69) is 4.74 Å². The molecule has 6 nitrogen and oxygen atoms in total. The molecule has 2 saturated heterocycles. The first kappa shape index (κ1) is 21.2. The molecule has 2 heterocycles. The third kappa shape index (κ3) is 3.96. The van der Waals surface area contributed by atoms with Crippen molar-refractivity contribution in [3.63, 3.8) is 0 Å². The van der Waals surface area contributed by atoms with Crippen molar-refractivity contribution in [1.82, 2.24) is 0 Å². The molecular formula is C22H26F2O6. The third-order valence-electron chi connectivity index (χ3n) is 6.11. The number of esters is 1. The molecule has 2 aliphatic heterocycles. The summed E-state index contributed by atoms with van der Waals surface area (Å²) in [7, 11) is 1.26. The maximum absolute atomic E-state index is 15.3. The highest BCUT2D eigenvalue weighted by atomic mass is 19.3. The number of hydrogen-bond donors (Lipinski definition) is 1. The molecule has 1 N–H and O–H groups in total. The van der Waals surface area contributed by atoms with Crippen LogP contribution in [0.3, 0.4) is 0 Å². The van der Waals surface area contributed by atoms with Crippen LogP contribution in [0.4, 0.5) is 8.78 Å². The summed E-state index contributed by atoms with van der Waals surface area (Å²) < 4.78 is 52.4. The van der Waals surface area contributed by atoms with Crippen molar-refractivity contribution < 1.29 is 37.6 Å². The number of benzene rings is 1. The highest BCUT2D eigenvalue weighted by Crippen LogP contribution is 2.54. The van der Waals surface area contributed by atoms with Crippen molar-refractivity contribution in [1.29, 1.82) is 0 Å². The summed E-state index contributed by atoms with van der Waals surface area (Å²) in [5, 5.41) is 9.87. The van der Waals surface area contributed by atoms with Crippen LogP contribution in [0, 0.1) is 11.8 Å². The summed E-state index contributed by atoms with van der Waals surface area (Å²) in [4.78, 5) is 11.7. The van der Waals surface area contributed by atoms with Gasteiger partial charge >= 0.3 is 11.9 Å². The lowest BCUT2D eigenvalue weighted by molar-refractivity contribution is -0.202. The van der Waals surface area contributed by atoms with Crippen LogP contribution in [0.1, 0.15) is 41.6 Å². The van der Waals surface area contributed by atoms with Crippen molar-refractivity contribution in [2.24, 2.45) is 11.8 Å². The Labute approximate surface area is 173 Å². The fraction of sp³-hybridized carbons (Fsp3) is 0.591. The SMILES string of the molecule is COC(=O)c1cccc(C=C2OC3CC(OC4CCCCO4)C(CO)C3C2(F)F)c1. The van der Waals surface area contributed by atoms with E-state index < -0.39 is 54.6 Å². The van der Waals surface area contributed by atoms with Gasteiger partial charge in [-0.25, -0.2) is 4.79 Å². The molecule has 5 atom stereocenters. The van der Waals surface area contributed by atoms with Gasteiger partial charge in [0.1, 0.15) is 6.10 Å². The van der Waals surface area contributed by atoms with E-state index in [9.17, 15) is 9.90 Å². The van der Waals surface area contributed by atoms with Crippen LogP contribution in [-0.2, 0) is 18.9 Å². The van der Waals surface area contributed by atoms with Crippen LogP contribution in [-0.4, -0.2) is 55.8 Å². The van der Waals surface area contributed by atoms with Crippen molar-refractivity contribution in [2.75, 3.05) is 20.3 Å². The lowest BCUT2D eigenvalue weighted by Gasteiger charge is -2.30. The second-order valence-electron chi connectivity index (χ2n) is 7.98. The first-order valence-electron chi connectivity index (χ1n) is 10.3. The number of methoxy groups -OCH3 is 1.